The van der Waals surface area contributed by atoms with Crippen molar-refractivity contribution in [2.75, 3.05) is 0 Å². The molecule has 0 saturated heterocycles. The Morgan fingerprint density at radius 2 is 2.18 bits per heavy atom. The Morgan fingerprint density at radius 1 is 1.55 bits per heavy atom. The third kappa shape index (κ3) is 1.78. The summed E-state index contributed by atoms with van der Waals surface area (Å²) in [7, 11) is 0. The molecule has 4 nitrogen and oxygen atoms in total. The summed E-state index contributed by atoms with van der Waals surface area (Å²) in [5.74, 6) is -0.518. The van der Waals surface area contributed by atoms with E-state index in [1.54, 1.807) is 6.08 Å². The Morgan fingerprint density at radius 3 is 2.64 bits per heavy atom. The van der Waals surface area contributed by atoms with E-state index in [1.807, 2.05) is 0 Å². The standard InChI is InChI=1S/C7H11NO3/c8-7(11)4-1-2-5(9)6(10)3-4/h1,5-6,9-10H,2-3H2,(H2,8,11)/t5-,6+/m0/s1. The molecule has 2 atom stereocenters. The van der Waals surface area contributed by atoms with Gasteiger partial charge in [0.15, 0.2) is 0 Å². The van der Waals surface area contributed by atoms with Gasteiger partial charge in [-0.15, -0.1) is 0 Å². The maximum atomic E-state index is 10.6. The number of nitrogens with two attached hydrogens (primary N) is 1. The first kappa shape index (κ1) is 8.23. The first-order valence-corrected chi connectivity index (χ1v) is 3.46. The molecule has 0 radical (unpaired) electrons. The fourth-order valence-corrected chi connectivity index (χ4v) is 1.07. The van der Waals surface area contributed by atoms with Crippen molar-refractivity contribution >= 4 is 5.91 Å². The van der Waals surface area contributed by atoms with Crippen LogP contribution in [0.4, 0.5) is 0 Å². The number of primary amides is 1. The second-order valence-corrected chi connectivity index (χ2v) is 2.67. The van der Waals surface area contributed by atoms with E-state index < -0.39 is 18.1 Å². The van der Waals surface area contributed by atoms with Gasteiger partial charge in [0.1, 0.15) is 0 Å². The van der Waals surface area contributed by atoms with Crippen LogP contribution in [0.1, 0.15) is 12.8 Å². The van der Waals surface area contributed by atoms with E-state index in [0.717, 1.165) is 0 Å². The zero-order chi connectivity index (χ0) is 8.43. The van der Waals surface area contributed by atoms with Gasteiger partial charge in [0, 0.05) is 12.0 Å². The zero-order valence-electron chi connectivity index (χ0n) is 6.03. The molecule has 62 valence electrons. The van der Waals surface area contributed by atoms with Gasteiger partial charge < -0.3 is 15.9 Å². The summed E-state index contributed by atoms with van der Waals surface area (Å²) in [4.78, 5) is 10.6. The minimum atomic E-state index is -0.845. The summed E-state index contributed by atoms with van der Waals surface area (Å²) in [6, 6.07) is 0. The summed E-state index contributed by atoms with van der Waals surface area (Å²) < 4.78 is 0. The van der Waals surface area contributed by atoms with Gasteiger partial charge in [-0.1, -0.05) is 6.08 Å². The molecule has 0 heterocycles. The lowest BCUT2D eigenvalue weighted by atomic mass is 9.94. The second kappa shape index (κ2) is 3.02. The normalized spacial score (nSPS) is 31.3. The van der Waals surface area contributed by atoms with Crippen LogP contribution < -0.4 is 5.73 Å². The molecule has 4 N–H and O–H groups in total. The summed E-state index contributed by atoms with van der Waals surface area (Å²) in [6.07, 6.45) is 0.441. The van der Waals surface area contributed by atoms with Crippen molar-refractivity contribution in [2.24, 2.45) is 5.73 Å². The Hall–Kier alpha value is -0.870. The summed E-state index contributed by atoms with van der Waals surface area (Å²) in [5, 5.41) is 18.1. The van der Waals surface area contributed by atoms with Crippen LogP contribution in [0.5, 0.6) is 0 Å². The molecule has 1 rings (SSSR count). The van der Waals surface area contributed by atoms with Crippen LogP contribution in [0.2, 0.25) is 0 Å². The number of aliphatic hydroxyl groups is 2. The monoisotopic (exact) mass is 157 g/mol. The first-order valence-electron chi connectivity index (χ1n) is 3.46. The van der Waals surface area contributed by atoms with Crippen LogP contribution in [0.15, 0.2) is 11.6 Å². The van der Waals surface area contributed by atoms with Crippen molar-refractivity contribution in [3.8, 4) is 0 Å². The molecular weight excluding hydrogens is 146 g/mol. The predicted octanol–water partition coefficient (Wildman–Crippen LogP) is -1.09. The molecule has 11 heavy (non-hydrogen) atoms. The molecule has 0 aromatic carbocycles. The van der Waals surface area contributed by atoms with Crippen molar-refractivity contribution in [1.29, 1.82) is 0 Å². The molecule has 0 fully saturated rings. The van der Waals surface area contributed by atoms with E-state index >= 15 is 0 Å². The van der Waals surface area contributed by atoms with Gasteiger partial charge in [-0.2, -0.15) is 0 Å². The Bertz CT molecular complexity index is 200. The highest BCUT2D eigenvalue weighted by molar-refractivity contribution is 5.92. The number of hydrogen-bond donors (Lipinski definition) is 3. The lowest BCUT2D eigenvalue weighted by Crippen LogP contribution is -2.32. The smallest absolute Gasteiger partial charge is 0.244 e. The van der Waals surface area contributed by atoms with E-state index in [9.17, 15) is 4.79 Å². The maximum absolute atomic E-state index is 10.6. The number of carbonyl (C=O) groups excluding carboxylic acids is 1. The summed E-state index contributed by atoms with van der Waals surface area (Å²) in [5.41, 5.74) is 5.38. The van der Waals surface area contributed by atoms with E-state index in [4.69, 9.17) is 15.9 Å². The van der Waals surface area contributed by atoms with Gasteiger partial charge >= 0.3 is 0 Å². The molecule has 1 aliphatic rings. The van der Waals surface area contributed by atoms with Crippen LogP contribution in [0.3, 0.4) is 0 Å². The summed E-state index contributed by atoms with van der Waals surface area (Å²) >= 11 is 0. The molecule has 0 aliphatic heterocycles. The molecule has 1 amide bonds. The van der Waals surface area contributed by atoms with Crippen LogP contribution in [-0.2, 0) is 4.79 Å². The van der Waals surface area contributed by atoms with Crippen molar-refractivity contribution in [3.05, 3.63) is 11.6 Å². The fourth-order valence-electron chi connectivity index (χ4n) is 1.07. The Balaban J connectivity index is 2.66. The molecule has 0 aromatic heterocycles. The molecule has 0 unspecified atom stereocenters. The highest BCUT2D eigenvalue weighted by Crippen LogP contribution is 2.17. The molecule has 0 aromatic rings. The number of amides is 1. The van der Waals surface area contributed by atoms with Crippen molar-refractivity contribution in [3.63, 3.8) is 0 Å². The van der Waals surface area contributed by atoms with Crippen LogP contribution >= 0.6 is 0 Å². The third-order valence-corrected chi connectivity index (χ3v) is 1.80. The summed E-state index contributed by atoms with van der Waals surface area (Å²) in [6.45, 7) is 0. The highest BCUT2D eigenvalue weighted by Gasteiger charge is 2.23. The van der Waals surface area contributed by atoms with E-state index in [-0.39, 0.29) is 6.42 Å². The minimum absolute atomic E-state index is 0.163. The van der Waals surface area contributed by atoms with Crippen LogP contribution in [0, 0.1) is 0 Å². The van der Waals surface area contributed by atoms with Crippen molar-refractivity contribution in [2.45, 2.75) is 25.0 Å². The van der Waals surface area contributed by atoms with E-state index in [0.29, 0.717) is 12.0 Å². The third-order valence-electron chi connectivity index (χ3n) is 1.80. The van der Waals surface area contributed by atoms with Crippen LogP contribution in [-0.4, -0.2) is 28.3 Å². The lowest BCUT2D eigenvalue weighted by molar-refractivity contribution is -0.115. The highest BCUT2D eigenvalue weighted by atomic mass is 16.3. The van der Waals surface area contributed by atoms with Gasteiger partial charge in [0.2, 0.25) is 5.91 Å². The van der Waals surface area contributed by atoms with Gasteiger partial charge in [0.25, 0.3) is 0 Å². The SMILES string of the molecule is NC(=O)C1=CC[C@H](O)[C@H](O)C1. The fraction of sp³-hybridized carbons (Fsp3) is 0.571. The molecule has 0 saturated carbocycles. The maximum Gasteiger partial charge on any atom is 0.244 e. The number of rotatable bonds is 1. The number of hydrogen-bond acceptors (Lipinski definition) is 3. The number of carbonyl (C=O) groups is 1. The average Bonchev–Trinajstić information content (AvgIpc) is 1.94. The van der Waals surface area contributed by atoms with Gasteiger partial charge in [0.05, 0.1) is 12.2 Å². The lowest BCUT2D eigenvalue weighted by Gasteiger charge is -2.21. The molecule has 1 aliphatic carbocycles. The minimum Gasteiger partial charge on any atom is -0.390 e. The molecule has 0 bridgehead atoms. The van der Waals surface area contributed by atoms with Gasteiger partial charge in [-0.25, -0.2) is 0 Å². The topological polar surface area (TPSA) is 83.6 Å². The Kier molecular flexibility index (Phi) is 2.26. The first-order chi connectivity index (χ1) is 5.11. The largest absolute Gasteiger partial charge is 0.390 e. The second-order valence-electron chi connectivity index (χ2n) is 2.67. The van der Waals surface area contributed by atoms with Crippen LogP contribution in [0.25, 0.3) is 0 Å². The predicted molar refractivity (Wildman–Crippen MR) is 38.5 cm³/mol. The molecule has 4 heteroatoms. The van der Waals surface area contributed by atoms with Crippen molar-refractivity contribution in [1.82, 2.24) is 0 Å². The number of aliphatic hydroxyl groups excluding tert-OH is 2. The quantitative estimate of drug-likeness (QED) is 0.452. The average molecular weight is 157 g/mol. The molecular formula is C7H11NO3. The van der Waals surface area contributed by atoms with Gasteiger partial charge in [-0.3, -0.25) is 4.79 Å². The van der Waals surface area contributed by atoms with Gasteiger partial charge in [-0.05, 0) is 6.42 Å². The van der Waals surface area contributed by atoms with E-state index in [1.165, 1.54) is 0 Å². The molecule has 0 spiro atoms. The van der Waals surface area contributed by atoms with E-state index in [2.05, 4.69) is 0 Å². The van der Waals surface area contributed by atoms with Crippen molar-refractivity contribution < 1.29 is 15.0 Å². The zero-order valence-corrected chi connectivity index (χ0v) is 6.03. The Labute approximate surface area is 64.3 Å².